The molecule has 0 aliphatic heterocycles. The summed E-state index contributed by atoms with van der Waals surface area (Å²) in [4.78, 5) is 0.546. The van der Waals surface area contributed by atoms with Gasteiger partial charge >= 0.3 is 0 Å². The van der Waals surface area contributed by atoms with Gasteiger partial charge in [0, 0.05) is 5.56 Å². The van der Waals surface area contributed by atoms with E-state index in [1.54, 1.807) is 24.3 Å². The third kappa shape index (κ3) is 1.20. The van der Waals surface area contributed by atoms with Gasteiger partial charge in [0.15, 0.2) is 5.69 Å². The summed E-state index contributed by atoms with van der Waals surface area (Å²) in [6.45, 7) is 0. The van der Waals surface area contributed by atoms with Crippen LogP contribution in [0.15, 0.2) is 30.3 Å². The summed E-state index contributed by atoms with van der Waals surface area (Å²) in [5.74, 6) is -0.284. The molecule has 0 amide bonds. The fourth-order valence-corrected chi connectivity index (χ4v) is 1.11. The summed E-state index contributed by atoms with van der Waals surface area (Å²) < 4.78 is 0. The molecule has 0 atom stereocenters. The summed E-state index contributed by atoms with van der Waals surface area (Å²) in [6, 6.07) is 8.91. The Morgan fingerprint density at radius 3 is 2.38 bits per heavy atom. The van der Waals surface area contributed by atoms with E-state index < -0.39 is 0 Å². The van der Waals surface area contributed by atoms with E-state index in [0.717, 1.165) is 0 Å². The highest BCUT2D eigenvalue weighted by Gasteiger charge is 2.12. The summed E-state index contributed by atoms with van der Waals surface area (Å²) in [7, 11) is 0. The second-order valence-electron chi connectivity index (χ2n) is 2.52. The quantitative estimate of drug-likeness (QED) is 0.634. The molecule has 2 aromatic rings. The highest BCUT2D eigenvalue weighted by atomic mass is 16.5. The largest absolute Gasteiger partial charge is 0.491 e. The maximum atomic E-state index is 9.23. The van der Waals surface area contributed by atoms with Crippen molar-refractivity contribution in [3.05, 3.63) is 30.3 Å². The predicted octanol–water partition coefficient (Wildman–Crippen LogP) is 0.888. The van der Waals surface area contributed by atoms with Crippen LogP contribution in [0.4, 0.5) is 0 Å². The van der Waals surface area contributed by atoms with E-state index in [-0.39, 0.29) is 11.6 Å². The third-order valence-electron chi connectivity index (χ3n) is 1.68. The molecule has 1 aromatic heterocycles. The first-order valence-electron chi connectivity index (χ1n) is 3.68. The zero-order chi connectivity index (χ0) is 9.26. The lowest BCUT2D eigenvalue weighted by Crippen LogP contribution is -1.95. The Hall–Kier alpha value is -2.04. The first-order valence-corrected chi connectivity index (χ1v) is 3.68. The minimum absolute atomic E-state index is 0.195. The molecule has 66 valence electrons. The molecule has 0 unspecified atom stereocenters. The van der Waals surface area contributed by atoms with E-state index in [2.05, 4.69) is 10.3 Å². The van der Waals surface area contributed by atoms with Crippen LogP contribution in [-0.2, 0) is 0 Å². The van der Waals surface area contributed by atoms with E-state index in [0.29, 0.717) is 10.4 Å². The predicted molar refractivity (Wildman–Crippen MR) is 44.3 cm³/mol. The van der Waals surface area contributed by atoms with Crippen molar-refractivity contribution >= 4 is 0 Å². The van der Waals surface area contributed by atoms with E-state index >= 15 is 0 Å². The van der Waals surface area contributed by atoms with Gasteiger partial charge in [-0.15, -0.1) is 0 Å². The molecule has 0 saturated heterocycles. The molecule has 0 saturated carbocycles. The highest BCUT2D eigenvalue weighted by Crippen LogP contribution is 2.24. The van der Waals surface area contributed by atoms with Crippen molar-refractivity contribution in [2.24, 2.45) is 0 Å². The Morgan fingerprint density at radius 1 is 1.15 bits per heavy atom. The molecule has 0 spiro atoms. The number of hydrogen-bond donors (Lipinski definition) is 2. The number of aromatic nitrogens is 3. The van der Waals surface area contributed by atoms with Gasteiger partial charge in [-0.2, -0.15) is 0 Å². The lowest BCUT2D eigenvalue weighted by Gasteiger charge is -1.97. The molecule has 2 rings (SSSR count). The van der Waals surface area contributed by atoms with Crippen molar-refractivity contribution in [3.63, 3.8) is 0 Å². The van der Waals surface area contributed by atoms with Gasteiger partial charge in [-0.1, -0.05) is 40.3 Å². The number of aromatic hydroxyl groups is 1. The van der Waals surface area contributed by atoms with Crippen LogP contribution in [0.25, 0.3) is 11.3 Å². The zero-order valence-electron chi connectivity index (χ0n) is 6.62. The Bertz CT molecular complexity index is 391. The lowest BCUT2D eigenvalue weighted by atomic mass is 10.2. The molecule has 0 aliphatic rings. The van der Waals surface area contributed by atoms with Crippen molar-refractivity contribution < 1.29 is 10.3 Å². The molecule has 1 aromatic carbocycles. The minimum Gasteiger partial charge on any atom is -0.491 e. The standard InChI is InChI=1S/C8H7N3O2/c12-8-7(11(13)10-9-8)6-4-2-1-3-5-6/h1-5,12-13H. The fourth-order valence-electron chi connectivity index (χ4n) is 1.11. The van der Waals surface area contributed by atoms with Gasteiger partial charge in [0.05, 0.1) is 0 Å². The van der Waals surface area contributed by atoms with E-state index in [9.17, 15) is 5.11 Å². The molecule has 0 radical (unpaired) electrons. The second-order valence-corrected chi connectivity index (χ2v) is 2.52. The number of benzene rings is 1. The van der Waals surface area contributed by atoms with Gasteiger partial charge in [0.25, 0.3) is 5.88 Å². The number of rotatable bonds is 1. The number of nitrogens with zero attached hydrogens (tertiary/aromatic N) is 3. The molecule has 1 heterocycles. The molecule has 0 bridgehead atoms. The normalized spacial score (nSPS) is 10.2. The summed E-state index contributed by atoms with van der Waals surface area (Å²) in [6.07, 6.45) is 0. The van der Waals surface area contributed by atoms with Crippen LogP contribution in [0.5, 0.6) is 5.88 Å². The topological polar surface area (TPSA) is 71.2 Å². The molecule has 5 nitrogen and oxygen atoms in total. The van der Waals surface area contributed by atoms with Crippen molar-refractivity contribution in [1.29, 1.82) is 0 Å². The molecule has 2 N–H and O–H groups in total. The maximum absolute atomic E-state index is 9.23. The van der Waals surface area contributed by atoms with Crippen molar-refractivity contribution in [1.82, 2.24) is 15.2 Å². The van der Waals surface area contributed by atoms with Gasteiger partial charge in [-0.3, -0.25) is 0 Å². The monoisotopic (exact) mass is 177 g/mol. The minimum atomic E-state index is -0.284. The van der Waals surface area contributed by atoms with Gasteiger partial charge in [0.1, 0.15) is 0 Å². The Kier molecular flexibility index (Phi) is 1.63. The summed E-state index contributed by atoms with van der Waals surface area (Å²) in [5, 5.41) is 25.0. The van der Waals surface area contributed by atoms with Crippen molar-refractivity contribution in [2.45, 2.75) is 0 Å². The van der Waals surface area contributed by atoms with E-state index in [1.165, 1.54) is 0 Å². The average molecular weight is 177 g/mol. The molecule has 0 fully saturated rings. The van der Waals surface area contributed by atoms with Crippen LogP contribution in [-0.4, -0.2) is 25.5 Å². The SMILES string of the molecule is Oc1nnn(O)c1-c1ccccc1. The average Bonchev–Trinajstić information content (AvgIpc) is 2.48. The Balaban J connectivity index is 2.59. The Morgan fingerprint density at radius 2 is 1.85 bits per heavy atom. The second kappa shape index (κ2) is 2.78. The number of hydrogen-bond acceptors (Lipinski definition) is 4. The van der Waals surface area contributed by atoms with E-state index in [1.807, 2.05) is 6.07 Å². The van der Waals surface area contributed by atoms with Crippen LogP contribution in [0.1, 0.15) is 0 Å². The fraction of sp³-hybridized carbons (Fsp3) is 0. The van der Waals surface area contributed by atoms with Crippen LogP contribution in [0, 0.1) is 0 Å². The molecule has 0 aliphatic carbocycles. The maximum Gasteiger partial charge on any atom is 0.263 e. The van der Waals surface area contributed by atoms with Gasteiger partial charge in [-0.05, 0) is 5.21 Å². The summed E-state index contributed by atoms with van der Waals surface area (Å²) in [5.41, 5.74) is 0.855. The first-order chi connectivity index (χ1) is 6.29. The zero-order valence-corrected chi connectivity index (χ0v) is 6.62. The molecule has 13 heavy (non-hydrogen) atoms. The lowest BCUT2D eigenvalue weighted by molar-refractivity contribution is 0.147. The van der Waals surface area contributed by atoms with Gasteiger partial charge < -0.3 is 10.3 Å². The molecule has 5 heteroatoms. The van der Waals surface area contributed by atoms with Crippen LogP contribution < -0.4 is 0 Å². The summed E-state index contributed by atoms with van der Waals surface area (Å²) >= 11 is 0. The molecular formula is C8H7N3O2. The van der Waals surface area contributed by atoms with Gasteiger partial charge in [-0.25, -0.2) is 0 Å². The van der Waals surface area contributed by atoms with Crippen molar-refractivity contribution in [3.8, 4) is 17.1 Å². The van der Waals surface area contributed by atoms with Crippen molar-refractivity contribution in [2.75, 3.05) is 0 Å². The third-order valence-corrected chi connectivity index (χ3v) is 1.68. The molecular weight excluding hydrogens is 170 g/mol. The van der Waals surface area contributed by atoms with Crippen LogP contribution >= 0.6 is 0 Å². The first kappa shape index (κ1) is 7.60. The smallest absolute Gasteiger partial charge is 0.263 e. The highest BCUT2D eigenvalue weighted by molar-refractivity contribution is 5.63. The van der Waals surface area contributed by atoms with Crippen LogP contribution in [0.3, 0.4) is 0 Å². The van der Waals surface area contributed by atoms with E-state index in [4.69, 9.17) is 5.21 Å². The van der Waals surface area contributed by atoms with Crippen LogP contribution in [0.2, 0.25) is 0 Å². The Labute approximate surface area is 73.8 Å². The van der Waals surface area contributed by atoms with Gasteiger partial charge in [0.2, 0.25) is 0 Å².